The van der Waals surface area contributed by atoms with Crippen LogP contribution in [-0.2, 0) is 0 Å². The summed E-state index contributed by atoms with van der Waals surface area (Å²) in [6, 6.07) is 45.9. The zero-order chi connectivity index (χ0) is 28.2. The van der Waals surface area contributed by atoms with Crippen molar-refractivity contribution in [2.75, 3.05) is 0 Å². The summed E-state index contributed by atoms with van der Waals surface area (Å²) in [5.74, 6) is 0. The predicted octanol–water partition coefficient (Wildman–Crippen LogP) is 10.7. The van der Waals surface area contributed by atoms with E-state index in [9.17, 15) is 10.5 Å². The maximum Gasteiger partial charge on any atom is 0.135 e. The van der Waals surface area contributed by atoms with Crippen LogP contribution in [0.1, 0.15) is 11.1 Å². The molecule has 0 spiro atoms. The second-order valence-corrected chi connectivity index (χ2v) is 11.5. The molecule has 0 fully saturated rings. The van der Waals surface area contributed by atoms with E-state index in [4.69, 9.17) is 4.42 Å². The Hall–Kier alpha value is -5.68. The molecule has 0 saturated carbocycles. The van der Waals surface area contributed by atoms with Gasteiger partial charge in [-0.3, -0.25) is 0 Å². The lowest BCUT2D eigenvalue weighted by Gasteiger charge is -2.13. The van der Waals surface area contributed by atoms with Crippen molar-refractivity contribution in [1.82, 2.24) is 0 Å². The van der Waals surface area contributed by atoms with Crippen molar-refractivity contribution in [3.63, 3.8) is 0 Å². The fourth-order valence-corrected chi connectivity index (χ4v) is 7.02. The molecule has 8 rings (SSSR count). The molecule has 0 unspecified atom stereocenters. The van der Waals surface area contributed by atoms with Crippen LogP contribution in [-0.4, -0.2) is 0 Å². The number of benzene rings is 6. The predicted molar refractivity (Wildman–Crippen MR) is 172 cm³/mol. The standard InChI is InChI=1S/C38H20N2OS/c39-21-25-6-5-9-29(34(25)22-40)28-17-26(23-12-14-36-32(19-23)30-7-1-3-10-35(30)41-36)16-27(18-28)24-13-15-38-33(20-24)31-8-2-4-11-37(31)42-38/h1-20H. The van der Waals surface area contributed by atoms with Gasteiger partial charge in [0.2, 0.25) is 0 Å². The van der Waals surface area contributed by atoms with E-state index < -0.39 is 0 Å². The highest BCUT2D eigenvalue weighted by atomic mass is 32.1. The third-order valence-corrected chi connectivity index (χ3v) is 9.11. The Kier molecular flexibility index (Phi) is 5.44. The zero-order valence-electron chi connectivity index (χ0n) is 22.3. The highest BCUT2D eigenvalue weighted by molar-refractivity contribution is 7.25. The van der Waals surface area contributed by atoms with Gasteiger partial charge in [-0.2, -0.15) is 10.5 Å². The van der Waals surface area contributed by atoms with Gasteiger partial charge in [-0.15, -0.1) is 11.3 Å². The molecule has 0 aliphatic rings. The normalized spacial score (nSPS) is 11.3. The van der Waals surface area contributed by atoms with Crippen molar-refractivity contribution in [2.45, 2.75) is 0 Å². The number of para-hydroxylation sites is 1. The van der Waals surface area contributed by atoms with E-state index in [1.165, 1.54) is 20.2 Å². The van der Waals surface area contributed by atoms with Crippen LogP contribution in [0.15, 0.2) is 126 Å². The van der Waals surface area contributed by atoms with Gasteiger partial charge in [-0.05, 0) is 88.5 Å². The number of fused-ring (bicyclic) bond motifs is 6. The first-order valence-corrected chi connectivity index (χ1v) is 14.4. The van der Waals surface area contributed by atoms with Gasteiger partial charge in [0.25, 0.3) is 0 Å². The zero-order valence-corrected chi connectivity index (χ0v) is 23.1. The van der Waals surface area contributed by atoms with Gasteiger partial charge in [0, 0.05) is 36.5 Å². The highest BCUT2D eigenvalue weighted by Crippen LogP contribution is 2.40. The fourth-order valence-electron chi connectivity index (χ4n) is 5.93. The van der Waals surface area contributed by atoms with Gasteiger partial charge in [-0.1, -0.05) is 60.7 Å². The summed E-state index contributed by atoms with van der Waals surface area (Å²) in [4.78, 5) is 0. The summed E-state index contributed by atoms with van der Waals surface area (Å²) < 4.78 is 8.61. The smallest absolute Gasteiger partial charge is 0.135 e. The van der Waals surface area contributed by atoms with Crippen LogP contribution in [0.3, 0.4) is 0 Å². The number of hydrogen-bond acceptors (Lipinski definition) is 4. The summed E-state index contributed by atoms with van der Waals surface area (Å²) >= 11 is 1.80. The molecule has 8 aromatic rings. The van der Waals surface area contributed by atoms with Crippen molar-refractivity contribution in [3.05, 3.63) is 132 Å². The lowest BCUT2D eigenvalue weighted by atomic mass is 9.90. The minimum absolute atomic E-state index is 0.374. The Bertz CT molecular complexity index is 2320. The molecule has 0 aliphatic heterocycles. The van der Waals surface area contributed by atoms with Crippen LogP contribution in [0.2, 0.25) is 0 Å². The van der Waals surface area contributed by atoms with Gasteiger partial charge in [0.05, 0.1) is 11.1 Å². The van der Waals surface area contributed by atoms with E-state index in [1.54, 1.807) is 17.4 Å². The molecule has 6 aromatic carbocycles. The summed E-state index contributed by atoms with van der Waals surface area (Å²) in [5, 5.41) is 24.4. The Morgan fingerprint density at radius 1 is 0.476 bits per heavy atom. The molecule has 0 bridgehead atoms. The third-order valence-electron chi connectivity index (χ3n) is 7.96. The summed E-state index contributed by atoms with van der Waals surface area (Å²) in [5.41, 5.74) is 8.33. The second-order valence-electron chi connectivity index (χ2n) is 10.4. The van der Waals surface area contributed by atoms with E-state index in [1.807, 2.05) is 36.4 Å². The van der Waals surface area contributed by atoms with E-state index >= 15 is 0 Å². The molecule has 0 radical (unpaired) electrons. The van der Waals surface area contributed by atoms with Crippen LogP contribution in [0.5, 0.6) is 0 Å². The maximum atomic E-state index is 10.0. The second kappa shape index (κ2) is 9.46. The van der Waals surface area contributed by atoms with Gasteiger partial charge in [0.15, 0.2) is 0 Å². The van der Waals surface area contributed by atoms with Crippen molar-refractivity contribution in [1.29, 1.82) is 10.5 Å². The molecule has 0 atom stereocenters. The van der Waals surface area contributed by atoms with Crippen LogP contribution < -0.4 is 0 Å². The van der Waals surface area contributed by atoms with Gasteiger partial charge >= 0.3 is 0 Å². The average molecular weight is 553 g/mol. The van der Waals surface area contributed by atoms with Crippen LogP contribution in [0.25, 0.3) is 75.5 Å². The maximum absolute atomic E-state index is 10.0. The Morgan fingerprint density at radius 3 is 1.95 bits per heavy atom. The first kappa shape index (κ1) is 24.1. The molecule has 2 heterocycles. The monoisotopic (exact) mass is 552 g/mol. The first-order chi connectivity index (χ1) is 20.7. The van der Waals surface area contributed by atoms with E-state index in [0.717, 1.165) is 55.3 Å². The molecular formula is C38H20N2OS. The number of rotatable bonds is 3. The molecule has 194 valence electrons. The number of hydrogen-bond donors (Lipinski definition) is 0. The largest absolute Gasteiger partial charge is 0.456 e. The molecule has 3 nitrogen and oxygen atoms in total. The van der Waals surface area contributed by atoms with Crippen molar-refractivity contribution < 1.29 is 4.42 Å². The Morgan fingerprint density at radius 2 is 1.14 bits per heavy atom. The van der Waals surface area contributed by atoms with Gasteiger partial charge in [0.1, 0.15) is 23.3 Å². The van der Waals surface area contributed by atoms with Crippen LogP contribution >= 0.6 is 11.3 Å². The minimum atomic E-state index is 0.374. The molecule has 2 aromatic heterocycles. The van der Waals surface area contributed by atoms with E-state index in [-0.39, 0.29) is 0 Å². The average Bonchev–Trinajstić information content (AvgIpc) is 3.61. The van der Waals surface area contributed by atoms with Gasteiger partial charge < -0.3 is 4.42 Å². The van der Waals surface area contributed by atoms with Gasteiger partial charge in [-0.25, -0.2) is 0 Å². The highest BCUT2D eigenvalue weighted by Gasteiger charge is 2.15. The van der Waals surface area contributed by atoms with Crippen molar-refractivity contribution in [3.8, 4) is 45.5 Å². The molecule has 4 heteroatoms. The summed E-state index contributed by atoms with van der Waals surface area (Å²) in [6.07, 6.45) is 0. The van der Waals surface area contributed by atoms with Crippen molar-refractivity contribution in [2.24, 2.45) is 0 Å². The molecule has 0 aliphatic carbocycles. The molecule has 42 heavy (non-hydrogen) atoms. The quantitative estimate of drug-likeness (QED) is 0.219. The van der Waals surface area contributed by atoms with Crippen LogP contribution in [0.4, 0.5) is 0 Å². The fraction of sp³-hybridized carbons (Fsp3) is 0. The molecule has 0 N–H and O–H groups in total. The minimum Gasteiger partial charge on any atom is -0.456 e. The number of furan rings is 1. The lowest BCUT2D eigenvalue weighted by molar-refractivity contribution is 0.669. The summed E-state index contributed by atoms with van der Waals surface area (Å²) in [6.45, 7) is 0. The molecule has 0 saturated heterocycles. The lowest BCUT2D eigenvalue weighted by Crippen LogP contribution is -1.91. The molecular weight excluding hydrogens is 532 g/mol. The van der Waals surface area contributed by atoms with Crippen LogP contribution in [0, 0.1) is 22.7 Å². The first-order valence-electron chi connectivity index (χ1n) is 13.6. The number of nitriles is 2. The SMILES string of the molecule is N#Cc1cccc(-c2cc(-c3ccc4oc5ccccc5c4c3)cc(-c3ccc4sc5ccccc5c4c3)c2)c1C#N. The van der Waals surface area contributed by atoms with Crippen molar-refractivity contribution >= 4 is 53.4 Å². The molecule has 0 amide bonds. The van der Waals surface area contributed by atoms with E-state index in [0.29, 0.717) is 11.1 Å². The number of nitrogens with zero attached hydrogens (tertiary/aromatic N) is 2. The Balaban J connectivity index is 1.39. The third kappa shape index (κ3) is 3.79. The van der Waals surface area contributed by atoms with E-state index in [2.05, 4.69) is 91.0 Å². The Labute approximate surface area is 245 Å². The summed E-state index contributed by atoms with van der Waals surface area (Å²) in [7, 11) is 0. The number of thiophene rings is 1. The topological polar surface area (TPSA) is 60.7 Å².